The molecule has 0 bridgehead atoms. The van der Waals surface area contributed by atoms with E-state index in [1.54, 1.807) is 6.20 Å². The first kappa shape index (κ1) is 9.80. The zero-order chi connectivity index (χ0) is 9.68. The van der Waals surface area contributed by atoms with Crippen molar-refractivity contribution in [1.29, 1.82) is 0 Å². The van der Waals surface area contributed by atoms with E-state index in [1.807, 2.05) is 13.0 Å². The number of ether oxygens (including phenoxy) is 1. The van der Waals surface area contributed by atoms with Crippen LogP contribution in [-0.4, -0.2) is 18.2 Å². The minimum absolute atomic E-state index is 0.397. The Bertz CT molecular complexity index is 276. The van der Waals surface area contributed by atoms with Crippen molar-refractivity contribution in [2.75, 3.05) is 24.7 Å². The van der Waals surface area contributed by atoms with Crippen LogP contribution in [0.1, 0.15) is 12.5 Å². The van der Waals surface area contributed by atoms with Gasteiger partial charge >= 0.3 is 0 Å². The molecule has 0 aliphatic rings. The van der Waals surface area contributed by atoms with Crippen molar-refractivity contribution in [2.24, 2.45) is 0 Å². The quantitative estimate of drug-likeness (QED) is 0.674. The van der Waals surface area contributed by atoms with Crippen LogP contribution in [-0.2, 0) is 11.2 Å². The van der Waals surface area contributed by atoms with Crippen LogP contribution in [0.4, 0.5) is 11.5 Å². The van der Waals surface area contributed by atoms with Crippen molar-refractivity contribution in [3.8, 4) is 0 Å². The lowest BCUT2D eigenvalue weighted by molar-refractivity contribution is 0.151. The van der Waals surface area contributed by atoms with Gasteiger partial charge < -0.3 is 16.2 Å². The van der Waals surface area contributed by atoms with E-state index < -0.39 is 0 Å². The topological polar surface area (TPSA) is 74.2 Å². The van der Waals surface area contributed by atoms with Crippen molar-refractivity contribution >= 4 is 11.5 Å². The van der Waals surface area contributed by atoms with Gasteiger partial charge in [-0.3, -0.25) is 0 Å². The highest BCUT2D eigenvalue weighted by Crippen LogP contribution is 2.16. The molecule has 1 heterocycles. The molecule has 4 N–H and O–H groups in total. The molecule has 4 nitrogen and oxygen atoms in total. The second-order valence-corrected chi connectivity index (χ2v) is 2.72. The summed E-state index contributed by atoms with van der Waals surface area (Å²) in [4.78, 5) is 3.88. The molecule has 4 heteroatoms. The average Bonchev–Trinajstić information content (AvgIpc) is 2.13. The molecule has 0 fully saturated rings. The third kappa shape index (κ3) is 2.59. The maximum absolute atomic E-state index is 5.72. The molecule has 0 amide bonds. The Labute approximate surface area is 77.9 Å². The van der Waals surface area contributed by atoms with Crippen LogP contribution < -0.4 is 11.5 Å². The van der Waals surface area contributed by atoms with E-state index in [1.165, 1.54) is 0 Å². The SMILES string of the molecule is CCOCCc1ccnc(N)c1N. The van der Waals surface area contributed by atoms with Crippen LogP contribution in [0.25, 0.3) is 0 Å². The fourth-order valence-electron chi connectivity index (χ4n) is 1.08. The van der Waals surface area contributed by atoms with E-state index in [0.29, 0.717) is 18.1 Å². The van der Waals surface area contributed by atoms with Gasteiger partial charge in [-0.2, -0.15) is 0 Å². The second kappa shape index (κ2) is 4.67. The number of hydrogen-bond acceptors (Lipinski definition) is 4. The summed E-state index contributed by atoms with van der Waals surface area (Å²) in [5.74, 6) is 0.397. The molecular weight excluding hydrogens is 166 g/mol. The van der Waals surface area contributed by atoms with Crippen molar-refractivity contribution in [3.63, 3.8) is 0 Å². The number of anilines is 2. The molecule has 72 valence electrons. The third-order valence-electron chi connectivity index (χ3n) is 1.83. The molecule has 0 spiro atoms. The molecule has 0 unspecified atom stereocenters. The molecule has 0 aliphatic carbocycles. The van der Waals surface area contributed by atoms with Crippen LogP contribution in [0.15, 0.2) is 12.3 Å². The molecular formula is C9H15N3O. The Balaban J connectivity index is 2.61. The van der Waals surface area contributed by atoms with E-state index >= 15 is 0 Å². The maximum atomic E-state index is 5.72. The van der Waals surface area contributed by atoms with Gasteiger partial charge in [-0.05, 0) is 25.0 Å². The van der Waals surface area contributed by atoms with E-state index in [2.05, 4.69) is 4.98 Å². The summed E-state index contributed by atoms with van der Waals surface area (Å²) < 4.78 is 5.22. The molecule has 0 aromatic carbocycles. The van der Waals surface area contributed by atoms with Crippen LogP contribution >= 0.6 is 0 Å². The highest BCUT2D eigenvalue weighted by atomic mass is 16.5. The Kier molecular flexibility index (Phi) is 3.52. The molecule has 0 aliphatic heterocycles. The van der Waals surface area contributed by atoms with Crippen LogP contribution in [0.5, 0.6) is 0 Å². The first-order valence-electron chi connectivity index (χ1n) is 4.32. The van der Waals surface area contributed by atoms with Gasteiger partial charge in [0, 0.05) is 12.8 Å². The van der Waals surface area contributed by atoms with Gasteiger partial charge in [0.25, 0.3) is 0 Å². The Morgan fingerprint density at radius 2 is 2.23 bits per heavy atom. The fourth-order valence-corrected chi connectivity index (χ4v) is 1.08. The molecule has 0 atom stereocenters. The lowest BCUT2D eigenvalue weighted by atomic mass is 10.1. The van der Waals surface area contributed by atoms with E-state index in [-0.39, 0.29) is 0 Å². The molecule has 1 aromatic heterocycles. The number of hydrogen-bond donors (Lipinski definition) is 2. The lowest BCUT2D eigenvalue weighted by Crippen LogP contribution is -2.05. The summed E-state index contributed by atoms with van der Waals surface area (Å²) in [6, 6.07) is 1.87. The molecule has 1 aromatic rings. The predicted molar refractivity (Wildman–Crippen MR) is 53.3 cm³/mol. The third-order valence-corrected chi connectivity index (χ3v) is 1.83. The minimum Gasteiger partial charge on any atom is -0.396 e. The van der Waals surface area contributed by atoms with Crippen molar-refractivity contribution in [2.45, 2.75) is 13.3 Å². The molecule has 0 saturated heterocycles. The number of nitrogens with two attached hydrogens (primary N) is 2. The van der Waals surface area contributed by atoms with Gasteiger partial charge in [0.2, 0.25) is 0 Å². The smallest absolute Gasteiger partial charge is 0.146 e. The monoisotopic (exact) mass is 181 g/mol. The van der Waals surface area contributed by atoms with Gasteiger partial charge in [0.1, 0.15) is 5.82 Å². The Morgan fingerprint density at radius 3 is 2.92 bits per heavy atom. The normalized spacial score (nSPS) is 10.2. The second-order valence-electron chi connectivity index (χ2n) is 2.72. The van der Waals surface area contributed by atoms with Crippen LogP contribution in [0, 0.1) is 0 Å². The fraction of sp³-hybridized carbons (Fsp3) is 0.444. The van der Waals surface area contributed by atoms with Crippen LogP contribution in [0.3, 0.4) is 0 Å². The summed E-state index contributed by atoms with van der Waals surface area (Å²) in [6.07, 6.45) is 2.44. The average molecular weight is 181 g/mol. The van der Waals surface area contributed by atoms with Crippen molar-refractivity contribution < 1.29 is 4.74 Å². The number of nitrogens with zero attached hydrogens (tertiary/aromatic N) is 1. The largest absolute Gasteiger partial charge is 0.396 e. The molecule has 0 saturated carbocycles. The summed E-state index contributed by atoms with van der Waals surface area (Å²) in [5, 5.41) is 0. The van der Waals surface area contributed by atoms with Gasteiger partial charge in [-0.25, -0.2) is 4.98 Å². The minimum atomic E-state index is 0.397. The Hall–Kier alpha value is -1.29. The standard InChI is InChI=1S/C9H15N3O/c1-2-13-6-4-7-3-5-12-9(11)8(7)10/h3,5H,2,4,6,10H2,1H3,(H2,11,12). The van der Waals surface area contributed by atoms with Gasteiger partial charge in [-0.1, -0.05) is 0 Å². The van der Waals surface area contributed by atoms with Gasteiger partial charge in [0.05, 0.1) is 12.3 Å². The molecule has 0 radical (unpaired) electrons. The van der Waals surface area contributed by atoms with Crippen molar-refractivity contribution in [1.82, 2.24) is 4.98 Å². The van der Waals surface area contributed by atoms with E-state index in [4.69, 9.17) is 16.2 Å². The van der Waals surface area contributed by atoms with Gasteiger partial charge in [-0.15, -0.1) is 0 Å². The highest BCUT2D eigenvalue weighted by Gasteiger charge is 2.02. The summed E-state index contributed by atoms with van der Waals surface area (Å²) in [6.45, 7) is 3.36. The van der Waals surface area contributed by atoms with Crippen molar-refractivity contribution in [3.05, 3.63) is 17.8 Å². The van der Waals surface area contributed by atoms with E-state index in [9.17, 15) is 0 Å². The number of pyridine rings is 1. The van der Waals surface area contributed by atoms with E-state index in [0.717, 1.165) is 18.6 Å². The van der Waals surface area contributed by atoms with Crippen LogP contribution in [0.2, 0.25) is 0 Å². The zero-order valence-corrected chi connectivity index (χ0v) is 7.79. The maximum Gasteiger partial charge on any atom is 0.146 e. The molecule has 1 rings (SSSR count). The Morgan fingerprint density at radius 1 is 1.46 bits per heavy atom. The predicted octanol–water partition coefficient (Wildman–Crippen LogP) is 0.825. The number of nitrogen functional groups attached to an aromatic ring is 2. The summed E-state index contributed by atoms with van der Waals surface area (Å²) >= 11 is 0. The molecule has 13 heavy (non-hydrogen) atoms. The first-order chi connectivity index (χ1) is 6.25. The first-order valence-corrected chi connectivity index (χ1v) is 4.32. The summed E-state index contributed by atoms with van der Waals surface area (Å²) in [7, 11) is 0. The van der Waals surface area contributed by atoms with Gasteiger partial charge in [0.15, 0.2) is 0 Å². The lowest BCUT2D eigenvalue weighted by Gasteiger charge is -2.06. The number of aromatic nitrogens is 1. The summed E-state index contributed by atoms with van der Waals surface area (Å²) in [5.41, 5.74) is 12.8. The number of rotatable bonds is 4. The zero-order valence-electron chi connectivity index (χ0n) is 7.79. The highest BCUT2D eigenvalue weighted by molar-refractivity contribution is 5.62.